The second kappa shape index (κ2) is 8.27. The molecule has 120 valence electrons. The zero-order valence-corrected chi connectivity index (χ0v) is 14.0. The third kappa shape index (κ3) is 4.00. The molecule has 0 fully saturated rings. The third-order valence-corrected chi connectivity index (χ3v) is 4.56. The fraction of sp³-hybridized carbons (Fsp3) is 0.222. The lowest BCUT2D eigenvalue weighted by Crippen LogP contribution is -2.04. The molecule has 0 bridgehead atoms. The standard InChI is InChI=1S/C18H17N5S/c19-10-4-5-13-24-18-22-21-17(16-8-11-20-12-9-16)23(18)14-15-6-2-1-3-7-15/h1-3,6-9,11-12H,4-5,13-14H2. The lowest BCUT2D eigenvalue weighted by Gasteiger charge is -2.10. The lowest BCUT2D eigenvalue weighted by molar-refractivity contribution is 0.714. The van der Waals surface area contributed by atoms with E-state index in [1.165, 1.54) is 5.56 Å². The SMILES string of the molecule is N#CCCCSc1nnc(-c2ccncc2)n1Cc1ccccc1. The molecule has 6 heteroatoms. The van der Waals surface area contributed by atoms with E-state index in [0.29, 0.717) is 13.0 Å². The Morgan fingerprint density at radius 1 is 1.04 bits per heavy atom. The van der Waals surface area contributed by atoms with Crippen LogP contribution in [0.4, 0.5) is 0 Å². The number of nitrogens with zero attached hydrogens (tertiary/aromatic N) is 5. The molecule has 0 atom stereocenters. The van der Waals surface area contributed by atoms with E-state index in [9.17, 15) is 0 Å². The zero-order valence-electron chi connectivity index (χ0n) is 13.2. The van der Waals surface area contributed by atoms with Gasteiger partial charge in [0, 0.05) is 30.1 Å². The Morgan fingerprint density at radius 2 is 1.83 bits per heavy atom. The van der Waals surface area contributed by atoms with E-state index in [0.717, 1.165) is 28.7 Å². The molecule has 2 heterocycles. The van der Waals surface area contributed by atoms with Crippen LogP contribution in [0.2, 0.25) is 0 Å². The average Bonchev–Trinajstić information content (AvgIpc) is 3.03. The van der Waals surface area contributed by atoms with Crippen LogP contribution in [0.25, 0.3) is 11.4 Å². The summed E-state index contributed by atoms with van der Waals surface area (Å²) in [6, 6.07) is 16.3. The highest BCUT2D eigenvalue weighted by Crippen LogP contribution is 2.25. The summed E-state index contributed by atoms with van der Waals surface area (Å²) in [5, 5.41) is 18.3. The Hall–Kier alpha value is -2.65. The first kappa shape index (κ1) is 16.2. The van der Waals surface area contributed by atoms with Gasteiger partial charge in [-0.25, -0.2) is 0 Å². The van der Waals surface area contributed by atoms with Crippen molar-refractivity contribution >= 4 is 11.8 Å². The van der Waals surface area contributed by atoms with Gasteiger partial charge < -0.3 is 0 Å². The number of aromatic nitrogens is 4. The second-order valence-corrected chi connectivity index (χ2v) is 6.29. The fourth-order valence-electron chi connectivity index (χ4n) is 2.33. The highest BCUT2D eigenvalue weighted by atomic mass is 32.2. The maximum atomic E-state index is 8.67. The molecule has 0 aliphatic heterocycles. The monoisotopic (exact) mass is 335 g/mol. The van der Waals surface area contributed by atoms with Crippen LogP contribution in [0, 0.1) is 11.3 Å². The predicted octanol–water partition coefficient (Wildman–Crippen LogP) is 3.78. The van der Waals surface area contributed by atoms with Gasteiger partial charge in [-0.15, -0.1) is 10.2 Å². The minimum absolute atomic E-state index is 0.567. The van der Waals surface area contributed by atoms with E-state index in [-0.39, 0.29) is 0 Å². The van der Waals surface area contributed by atoms with Gasteiger partial charge in [0.25, 0.3) is 0 Å². The highest BCUT2D eigenvalue weighted by Gasteiger charge is 2.14. The Morgan fingerprint density at radius 3 is 2.58 bits per heavy atom. The molecule has 0 spiro atoms. The molecule has 0 amide bonds. The number of rotatable bonds is 7. The van der Waals surface area contributed by atoms with Crippen molar-refractivity contribution in [3.8, 4) is 17.5 Å². The Labute approximate surface area is 145 Å². The Bertz CT molecular complexity index is 808. The largest absolute Gasteiger partial charge is 0.298 e. The smallest absolute Gasteiger partial charge is 0.191 e. The van der Waals surface area contributed by atoms with Crippen molar-refractivity contribution in [2.24, 2.45) is 0 Å². The molecule has 0 saturated heterocycles. The summed E-state index contributed by atoms with van der Waals surface area (Å²) < 4.78 is 2.13. The number of unbranched alkanes of at least 4 members (excludes halogenated alkanes) is 1. The topological polar surface area (TPSA) is 67.4 Å². The number of pyridine rings is 1. The number of benzene rings is 1. The minimum atomic E-state index is 0.567. The molecule has 3 aromatic rings. The minimum Gasteiger partial charge on any atom is -0.298 e. The van der Waals surface area contributed by atoms with Crippen molar-refractivity contribution in [3.63, 3.8) is 0 Å². The van der Waals surface area contributed by atoms with E-state index >= 15 is 0 Å². The van der Waals surface area contributed by atoms with Crippen molar-refractivity contribution in [1.29, 1.82) is 5.26 Å². The lowest BCUT2D eigenvalue weighted by atomic mass is 10.2. The van der Waals surface area contributed by atoms with Crippen LogP contribution < -0.4 is 0 Å². The maximum absolute atomic E-state index is 8.67. The fourth-order valence-corrected chi connectivity index (χ4v) is 3.21. The summed E-state index contributed by atoms with van der Waals surface area (Å²) in [4.78, 5) is 4.07. The Balaban J connectivity index is 1.88. The zero-order chi connectivity index (χ0) is 16.6. The van der Waals surface area contributed by atoms with Crippen LogP contribution >= 0.6 is 11.8 Å². The normalized spacial score (nSPS) is 10.5. The molecule has 0 aliphatic carbocycles. The van der Waals surface area contributed by atoms with Gasteiger partial charge in [-0.1, -0.05) is 42.1 Å². The number of thioether (sulfide) groups is 1. The third-order valence-electron chi connectivity index (χ3n) is 3.50. The Kier molecular flexibility index (Phi) is 5.59. The molecule has 0 unspecified atom stereocenters. The van der Waals surface area contributed by atoms with Gasteiger partial charge in [-0.3, -0.25) is 9.55 Å². The average molecular weight is 335 g/mol. The van der Waals surface area contributed by atoms with Crippen molar-refractivity contribution in [2.45, 2.75) is 24.5 Å². The van der Waals surface area contributed by atoms with Crippen LogP contribution in [-0.2, 0) is 6.54 Å². The van der Waals surface area contributed by atoms with E-state index in [4.69, 9.17) is 5.26 Å². The van der Waals surface area contributed by atoms with Crippen LogP contribution in [0.15, 0.2) is 60.0 Å². The van der Waals surface area contributed by atoms with Gasteiger partial charge >= 0.3 is 0 Å². The van der Waals surface area contributed by atoms with Crippen LogP contribution in [0.1, 0.15) is 18.4 Å². The molecular weight excluding hydrogens is 318 g/mol. The quantitative estimate of drug-likeness (QED) is 0.485. The van der Waals surface area contributed by atoms with Crippen molar-refractivity contribution in [1.82, 2.24) is 19.7 Å². The molecule has 0 saturated carbocycles. The van der Waals surface area contributed by atoms with Gasteiger partial charge in [-0.2, -0.15) is 5.26 Å². The summed E-state index contributed by atoms with van der Waals surface area (Å²) in [6.45, 7) is 0.714. The molecule has 3 rings (SSSR count). The summed E-state index contributed by atoms with van der Waals surface area (Å²) in [5.74, 6) is 1.70. The second-order valence-electron chi connectivity index (χ2n) is 5.22. The summed E-state index contributed by atoms with van der Waals surface area (Å²) in [6.07, 6.45) is 4.94. The van der Waals surface area contributed by atoms with Gasteiger partial charge in [0.05, 0.1) is 12.6 Å². The van der Waals surface area contributed by atoms with Crippen LogP contribution in [0.5, 0.6) is 0 Å². The van der Waals surface area contributed by atoms with Gasteiger partial charge in [0.2, 0.25) is 0 Å². The first-order valence-electron chi connectivity index (χ1n) is 7.76. The molecule has 5 nitrogen and oxygen atoms in total. The van der Waals surface area contributed by atoms with Gasteiger partial charge in [-0.05, 0) is 24.1 Å². The van der Waals surface area contributed by atoms with E-state index in [1.54, 1.807) is 24.2 Å². The first-order valence-corrected chi connectivity index (χ1v) is 8.74. The number of hydrogen-bond acceptors (Lipinski definition) is 5. The van der Waals surface area contributed by atoms with Gasteiger partial charge in [0.15, 0.2) is 11.0 Å². The van der Waals surface area contributed by atoms with Crippen LogP contribution in [-0.4, -0.2) is 25.5 Å². The van der Waals surface area contributed by atoms with E-state index in [1.807, 2.05) is 30.3 Å². The number of nitriles is 1. The summed E-state index contributed by atoms with van der Waals surface area (Å²) >= 11 is 1.64. The molecule has 0 aliphatic rings. The van der Waals surface area contributed by atoms with Gasteiger partial charge in [0.1, 0.15) is 0 Å². The molecule has 2 aromatic heterocycles. The number of hydrogen-bond donors (Lipinski definition) is 0. The van der Waals surface area contributed by atoms with Crippen molar-refractivity contribution in [2.75, 3.05) is 5.75 Å². The predicted molar refractivity (Wildman–Crippen MR) is 94.4 cm³/mol. The summed E-state index contributed by atoms with van der Waals surface area (Å²) in [5.41, 5.74) is 2.20. The van der Waals surface area contributed by atoms with Crippen molar-refractivity contribution < 1.29 is 0 Å². The molecular formula is C18H17N5S. The summed E-state index contributed by atoms with van der Waals surface area (Å²) in [7, 11) is 0. The molecule has 0 N–H and O–H groups in total. The molecule has 24 heavy (non-hydrogen) atoms. The molecule has 0 radical (unpaired) electrons. The highest BCUT2D eigenvalue weighted by molar-refractivity contribution is 7.99. The first-order chi connectivity index (χ1) is 11.9. The van der Waals surface area contributed by atoms with E-state index < -0.39 is 0 Å². The van der Waals surface area contributed by atoms with E-state index in [2.05, 4.69) is 38.0 Å². The molecule has 1 aromatic carbocycles. The van der Waals surface area contributed by atoms with Crippen molar-refractivity contribution in [3.05, 3.63) is 60.4 Å². The maximum Gasteiger partial charge on any atom is 0.191 e. The van der Waals surface area contributed by atoms with Crippen LogP contribution in [0.3, 0.4) is 0 Å².